The minimum Gasteiger partial charge on any atom is -0.467 e. The Kier molecular flexibility index (Phi) is 6.93. The van der Waals surface area contributed by atoms with Crippen molar-refractivity contribution in [3.8, 4) is 0 Å². The Morgan fingerprint density at radius 1 is 1.19 bits per heavy atom. The number of hydrogen-bond donors (Lipinski definition) is 2. The molecule has 0 amide bonds. The number of rotatable bonds is 6. The highest BCUT2D eigenvalue weighted by atomic mass is 16.3. The summed E-state index contributed by atoms with van der Waals surface area (Å²) in [4.78, 5) is 11.7. The van der Waals surface area contributed by atoms with E-state index in [9.17, 15) is 0 Å². The zero-order chi connectivity index (χ0) is 18.0. The van der Waals surface area contributed by atoms with E-state index in [4.69, 9.17) is 9.41 Å². The van der Waals surface area contributed by atoms with Crippen molar-refractivity contribution in [2.45, 2.75) is 45.7 Å². The lowest BCUT2D eigenvalue weighted by Crippen LogP contribution is -2.36. The molecule has 0 spiro atoms. The zero-order valence-corrected chi connectivity index (χ0v) is 15.6. The molecular weight excluding hydrogens is 326 g/mol. The number of anilines is 1. The average Bonchev–Trinajstić information content (AvgIpc) is 3.04. The monoisotopic (exact) mass is 355 g/mol. The third-order valence-electron chi connectivity index (χ3n) is 4.51. The van der Waals surface area contributed by atoms with Crippen LogP contribution in [0.2, 0.25) is 0 Å². The number of nitrogens with one attached hydrogen (secondary N) is 2. The van der Waals surface area contributed by atoms with Crippen molar-refractivity contribution in [3.63, 3.8) is 0 Å². The smallest absolute Gasteiger partial charge is 0.191 e. The number of hydrogen-bond acceptors (Lipinski definition) is 4. The van der Waals surface area contributed by atoms with Crippen LogP contribution in [0.4, 0.5) is 5.82 Å². The molecule has 1 aliphatic rings. The number of aliphatic imine (C=N–C) groups is 1. The fourth-order valence-electron chi connectivity index (χ4n) is 3.13. The van der Waals surface area contributed by atoms with E-state index in [1.54, 1.807) is 6.26 Å². The van der Waals surface area contributed by atoms with Gasteiger partial charge in [-0.2, -0.15) is 0 Å². The lowest BCUT2D eigenvalue weighted by Gasteiger charge is -2.21. The Bertz CT molecular complexity index is 675. The normalized spacial score (nSPS) is 15.6. The van der Waals surface area contributed by atoms with E-state index in [0.29, 0.717) is 13.1 Å². The van der Waals surface area contributed by atoms with E-state index in [2.05, 4.69) is 33.5 Å². The molecular formula is C20H29N5O. The summed E-state index contributed by atoms with van der Waals surface area (Å²) in [7, 11) is 0. The number of furan rings is 1. The van der Waals surface area contributed by atoms with Crippen LogP contribution in [0.5, 0.6) is 0 Å². The van der Waals surface area contributed by atoms with Crippen molar-refractivity contribution < 1.29 is 4.42 Å². The lowest BCUT2D eigenvalue weighted by atomic mass is 10.2. The maximum Gasteiger partial charge on any atom is 0.191 e. The molecule has 2 N–H and O–H groups in total. The molecule has 3 heterocycles. The van der Waals surface area contributed by atoms with Gasteiger partial charge in [-0.3, -0.25) is 0 Å². The Morgan fingerprint density at radius 2 is 2.04 bits per heavy atom. The molecule has 0 radical (unpaired) electrons. The van der Waals surface area contributed by atoms with Crippen LogP contribution in [-0.2, 0) is 13.1 Å². The minimum atomic E-state index is 0.619. The second-order valence-corrected chi connectivity index (χ2v) is 6.55. The third kappa shape index (κ3) is 5.51. The molecule has 0 aliphatic carbocycles. The molecule has 0 saturated carbocycles. The predicted molar refractivity (Wildman–Crippen MR) is 105 cm³/mol. The minimum absolute atomic E-state index is 0.619. The number of pyridine rings is 1. The first-order valence-electron chi connectivity index (χ1n) is 9.59. The molecule has 2 aromatic rings. The highest BCUT2D eigenvalue weighted by Gasteiger charge is 2.11. The Morgan fingerprint density at radius 3 is 2.77 bits per heavy atom. The molecule has 6 heteroatoms. The first-order valence-corrected chi connectivity index (χ1v) is 9.59. The van der Waals surface area contributed by atoms with Gasteiger partial charge in [0.2, 0.25) is 0 Å². The van der Waals surface area contributed by atoms with E-state index in [-0.39, 0.29) is 0 Å². The molecule has 6 nitrogen and oxygen atoms in total. The van der Waals surface area contributed by atoms with Crippen LogP contribution in [0.25, 0.3) is 0 Å². The number of guanidine groups is 1. The second-order valence-electron chi connectivity index (χ2n) is 6.55. The molecule has 1 saturated heterocycles. The summed E-state index contributed by atoms with van der Waals surface area (Å²) in [6.45, 7) is 6.33. The first kappa shape index (κ1) is 18.3. The largest absolute Gasteiger partial charge is 0.467 e. The predicted octanol–water partition coefficient (Wildman–Crippen LogP) is 3.31. The van der Waals surface area contributed by atoms with Gasteiger partial charge in [-0.1, -0.05) is 12.8 Å². The van der Waals surface area contributed by atoms with Crippen LogP contribution in [0.3, 0.4) is 0 Å². The molecule has 0 atom stereocenters. The Balaban J connectivity index is 1.61. The zero-order valence-electron chi connectivity index (χ0n) is 15.6. The van der Waals surface area contributed by atoms with Gasteiger partial charge < -0.3 is 20.0 Å². The van der Waals surface area contributed by atoms with E-state index >= 15 is 0 Å². The van der Waals surface area contributed by atoms with Gasteiger partial charge in [-0.05, 0) is 49.6 Å². The van der Waals surface area contributed by atoms with Gasteiger partial charge in [0.1, 0.15) is 11.6 Å². The molecule has 1 fully saturated rings. The van der Waals surface area contributed by atoms with Crippen molar-refractivity contribution in [2.24, 2.45) is 4.99 Å². The van der Waals surface area contributed by atoms with Crippen LogP contribution in [-0.4, -0.2) is 30.6 Å². The van der Waals surface area contributed by atoms with Crippen LogP contribution in [0.1, 0.15) is 43.9 Å². The molecule has 2 aromatic heterocycles. The maximum atomic E-state index is 5.36. The van der Waals surface area contributed by atoms with Crippen molar-refractivity contribution in [1.82, 2.24) is 15.6 Å². The molecule has 0 aromatic carbocycles. The van der Waals surface area contributed by atoms with Crippen LogP contribution in [0, 0.1) is 0 Å². The van der Waals surface area contributed by atoms with Crippen molar-refractivity contribution in [2.75, 3.05) is 24.5 Å². The van der Waals surface area contributed by atoms with E-state index in [1.165, 1.54) is 31.2 Å². The van der Waals surface area contributed by atoms with Gasteiger partial charge in [0.05, 0.1) is 19.4 Å². The number of nitrogens with zero attached hydrogens (tertiary/aromatic N) is 3. The molecule has 1 aliphatic heterocycles. The fraction of sp³-hybridized carbons (Fsp3) is 0.500. The molecule has 140 valence electrons. The van der Waals surface area contributed by atoms with Crippen LogP contribution >= 0.6 is 0 Å². The topological polar surface area (TPSA) is 65.7 Å². The van der Waals surface area contributed by atoms with E-state index < -0.39 is 0 Å². The summed E-state index contributed by atoms with van der Waals surface area (Å²) in [6.07, 6.45) is 8.75. The van der Waals surface area contributed by atoms with Crippen LogP contribution in [0.15, 0.2) is 46.1 Å². The number of aromatic nitrogens is 1. The standard InChI is InChI=1S/C20H29N5O/c1-2-21-20(24-16-18-8-7-13-26-18)23-15-17-9-10-22-19(14-17)25-11-5-3-4-6-12-25/h7-10,13-14H,2-6,11-12,15-16H2,1H3,(H2,21,23,24). The third-order valence-corrected chi connectivity index (χ3v) is 4.51. The Hall–Kier alpha value is -2.50. The highest BCUT2D eigenvalue weighted by Crippen LogP contribution is 2.18. The van der Waals surface area contributed by atoms with E-state index in [1.807, 2.05) is 24.4 Å². The molecule has 0 bridgehead atoms. The SMILES string of the molecule is CCNC(=NCc1ccnc(N2CCCCCC2)c1)NCc1ccco1. The van der Waals surface area contributed by atoms with Gasteiger partial charge in [-0.25, -0.2) is 9.98 Å². The Labute approximate surface area is 155 Å². The quantitative estimate of drug-likeness (QED) is 0.615. The maximum absolute atomic E-state index is 5.36. The summed E-state index contributed by atoms with van der Waals surface area (Å²) >= 11 is 0. The highest BCUT2D eigenvalue weighted by molar-refractivity contribution is 5.79. The van der Waals surface area contributed by atoms with Crippen molar-refractivity contribution in [1.29, 1.82) is 0 Å². The molecule has 3 rings (SSSR count). The van der Waals surface area contributed by atoms with E-state index in [0.717, 1.165) is 37.2 Å². The van der Waals surface area contributed by atoms with Gasteiger partial charge in [0, 0.05) is 25.8 Å². The average molecular weight is 355 g/mol. The van der Waals surface area contributed by atoms with Gasteiger partial charge in [0.15, 0.2) is 5.96 Å². The van der Waals surface area contributed by atoms with Gasteiger partial charge in [0.25, 0.3) is 0 Å². The molecule has 26 heavy (non-hydrogen) atoms. The summed E-state index contributed by atoms with van der Waals surface area (Å²) in [5.74, 6) is 2.76. The second kappa shape index (κ2) is 9.85. The molecule has 0 unspecified atom stereocenters. The summed E-state index contributed by atoms with van der Waals surface area (Å²) < 4.78 is 5.36. The summed E-state index contributed by atoms with van der Waals surface area (Å²) in [5.41, 5.74) is 1.18. The van der Waals surface area contributed by atoms with Crippen LogP contribution < -0.4 is 15.5 Å². The van der Waals surface area contributed by atoms with Gasteiger partial charge >= 0.3 is 0 Å². The summed E-state index contributed by atoms with van der Waals surface area (Å²) in [5, 5.41) is 6.57. The first-order chi connectivity index (χ1) is 12.8. The summed E-state index contributed by atoms with van der Waals surface area (Å²) in [6, 6.07) is 8.06. The van der Waals surface area contributed by atoms with Crippen molar-refractivity contribution >= 4 is 11.8 Å². The van der Waals surface area contributed by atoms with Gasteiger partial charge in [-0.15, -0.1) is 0 Å². The fourth-order valence-corrected chi connectivity index (χ4v) is 3.13. The lowest BCUT2D eigenvalue weighted by molar-refractivity contribution is 0.501. The van der Waals surface area contributed by atoms with Crippen molar-refractivity contribution in [3.05, 3.63) is 48.0 Å².